The van der Waals surface area contributed by atoms with Gasteiger partial charge in [0.25, 0.3) is 15.9 Å². The van der Waals surface area contributed by atoms with Crippen LogP contribution < -0.4 is 13.9 Å². The number of halogens is 2. The summed E-state index contributed by atoms with van der Waals surface area (Å²) < 4.78 is 48.3. The Hall–Kier alpha value is -4.06. The van der Waals surface area contributed by atoms with Crippen LogP contribution >= 0.6 is 11.6 Å². The zero-order valence-corrected chi connectivity index (χ0v) is 23.5. The van der Waals surface area contributed by atoms with Gasteiger partial charge in [0, 0.05) is 66.6 Å². The van der Waals surface area contributed by atoms with Crippen molar-refractivity contribution in [2.75, 3.05) is 42.5 Å². The van der Waals surface area contributed by atoms with Gasteiger partial charge in [-0.15, -0.1) is 0 Å². The maximum absolute atomic E-state index is 14.9. The summed E-state index contributed by atoms with van der Waals surface area (Å²) in [5, 5.41) is 0.334. The number of benzene rings is 2. The van der Waals surface area contributed by atoms with E-state index in [0.717, 1.165) is 34.3 Å². The predicted octanol–water partition coefficient (Wildman–Crippen LogP) is 4.08. The van der Waals surface area contributed by atoms with Crippen molar-refractivity contribution in [2.24, 2.45) is 0 Å². The van der Waals surface area contributed by atoms with Crippen molar-refractivity contribution in [3.8, 4) is 5.88 Å². The number of nitrogens with zero attached hydrogens (tertiary/aromatic N) is 5. The summed E-state index contributed by atoms with van der Waals surface area (Å²) in [6.07, 6.45) is 4.99. The lowest BCUT2D eigenvalue weighted by atomic mass is 9.82. The molecule has 12 heteroatoms. The van der Waals surface area contributed by atoms with E-state index < -0.39 is 27.3 Å². The fourth-order valence-corrected chi connectivity index (χ4v) is 7.35. The molecule has 2 aromatic heterocycles. The zero-order chi connectivity index (χ0) is 28.8. The molecule has 1 fully saturated rings. The maximum atomic E-state index is 14.9. The van der Waals surface area contributed by atoms with E-state index in [1.165, 1.54) is 13.2 Å². The van der Waals surface area contributed by atoms with E-state index in [1.807, 2.05) is 17.0 Å². The van der Waals surface area contributed by atoms with E-state index in [0.29, 0.717) is 42.3 Å². The van der Waals surface area contributed by atoms with Crippen molar-refractivity contribution in [3.63, 3.8) is 0 Å². The van der Waals surface area contributed by atoms with Gasteiger partial charge < -0.3 is 9.64 Å². The van der Waals surface area contributed by atoms with Crippen molar-refractivity contribution in [1.29, 1.82) is 0 Å². The molecular weight excluding hydrogens is 569 g/mol. The molecule has 2 aromatic carbocycles. The van der Waals surface area contributed by atoms with Crippen LogP contribution in [0.3, 0.4) is 0 Å². The van der Waals surface area contributed by atoms with Crippen LogP contribution in [-0.2, 0) is 20.4 Å². The molecule has 0 N–H and O–H groups in total. The third kappa shape index (κ3) is 4.32. The highest BCUT2D eigenvalue weighted by Gasteiger charge is 2.60. The summed E-state index contributed by atoms with van der Waals surface area (Å²) >= 11 is 6.50. The molecule has 1 atom stereocenters. The topological polar surface area (TPSA) is 95.9 Å². The van der Waals surface area contributed by atoms with Crippen LogP contribution in [-0.4, -0.2) is 62.5 Å². The number of piperazine rings is 1. The van der Waals surface area contributed by atoms with Gasteiger partial charge in [0.05, 0.1) is 17.7 Å². The van der Waals surface area contributed by atoms with Crippen LogP contribution in [0.2, 0.25) is 5.02 Å². The van der Waals surface area contributed by atoms with Crippen LogP contribution in [0.5, 0.6) is 5.88 Å². The Kier molecular flexibility index (Phi) is 6.88. The van der Waals surface area contributed by atoms with Gasteiger partial charge >= 0.3 is 0 Å². The Labute approximate surface area is 241 Å². The van der Waals surface area contributed by atoms with E-state index >= 15 is 0 Å². The molecule has 0 saturated carbocycles. The number of anilines is 2. The Balaban J connectivity index is 1.55. The van der Waals surface area contributed by atoms with Gasteiger partial charge in [-0.3, -0.25) is 14.7 Å². The molecule has 0 radical (unpaired) electrons. The smallest absolute Gasteiger partial charge is 0.271 e. The fraction of sp³-hybridized carbons (Fsp3) is 0.207. The second kappa shape index (κ2) is 10.4. The number of ether oxygens (including phenoxy) is 1. The second-order valence-corrected chi connectivity index (χ2v) is 11.9. The van der Waals surface area contributed by atoms with Crippen molar-refractivity contribution in [1.82, 2.24) is 14.9 Å². The number of pyridine rings is 2. The number of aromatic nitrogens is 2. The van der Waals surface area contributed by atoms with Crippen LogP contribution in [0.25, 0.3) is 0 Å². The molecule has 4 heterocycles. The van der Waals surface area contributed by atoms with Crippen LogP contribution in [0, 0.1) is 5.82 Å². The van der Waals surface area contributed by atoms with Crippen molar-refractivity contribution in [3.05, 3.63) is 107 Å². The Bertz CT molecular complexity index is 1720. The number of hydrogen-bond donors (Lipinski definition) is 0. The lowest BCUT2D eigenvalue weighted by Crippen LogP contribution is -2.60. The van der Waals surface area contributed by atoms with Gasteiger partial charge in [-0.1, -0.05) is 11.6 Å². The normalized spacial score (nSPS) is 19.3. The van der Waals surface area contributed by atoms with Gasteiger partial charge in [-0.2, -0.15) is 0 Å². The SMILES string of the molecule is COc1ncccc1C1(N2CCN(c3ccncc3)CC2)C(=O)N(S(=O)(=O)c2ccc(F)cc2)c2ccc(Cl)cc21. The minimum atomic E-state index is -4.45. The molecule has 0 aliphatic carbocycles. The molecule has 1 saturated heterocycles. The van der Waals surface area contributed by atoms with Gasteiger partial charge in [0.2, 0.25) is 5.88 Å². The molecule has 0 spiro atoms. The number of hydrogen-bond acceptors (Lipinski definition) is 8. The number of carbonyl (C=O) groups is 1. The average molecular weight is 594 g/mol. The standard InChI is InChI=1S/C29H25ClFN5O4S/c1-40-27-24(3-2-12-33-27)29(35-17-15-34(16-18-35)22-10-13-32-14-11-22)25-19-20(30)4-9-26(25)36(28(29)37)41(38,39)23-7-5-21(31)6-8-23/h2-14,19H,15-18H2,1H3. The molecule has 210 valence electrons. The summed E-state index contributed by atoms with van der Waals surface area (Å²) in [4.78, 5) is 27.3. The third-order valence-corrected chi connectivity index (χ3v) is 9.50. The van der Waals surface area contributed by atoms with E-state index in [9.17, 15) is 17.6 Å². The highest BCUT2D eigenvalue weighted by Crippen LogP contribution is 2.53. The third-order valence-electron chi connectivity index (χ3n) is 7.55. The summed E-state index contributed by atoms with van der Waals surface area (Å²) in [6.45, 7) is 1.93. The minimum Gasteiger partial charge on any atom is -0.481 e. The largest absolute Gasteiger partial charge is 0.481 e. The average Bonchev–Trinajstić information content (AvgIpc) is 3.26. The van der Waals surface area contributed by atoms with E-state index in [4.69, 9.17) is 16.3 Å². The highest BCUT2D eigenvalue weighted by atomic mass is 35.5. The number of rotatable bonds is 6. The molecule has 41 heavy (non-hydrogen) atoms. The lowest BCUT2D eigenvalue weighted by Gasteiger charge is -2.45. The quantitative estimate of drug-likeness (QED) is 0.330. The molecule has 0 bridgehead atoms. The summed E-state index contributed by atoms with van der Waals surface area (Å²) in [7, 11) is -3.00. The first-order valence-electron chi connectivity index (χ1n) is 12.8. The van der Waals surface area contributed by atoms with Gasteiger partial charge in [-0.05, 0) is 66.7 Å². The van der Waals surface area contributed by atoms with Crippen LogP contribution in [0.4, 0.5) is 15.8 Å². The number of fused-ring (bicyclic) bond motifs is 1. The molecular formula is C29H25ClFN5O4S. The first-order chi connectivity index (χ1) is 19.8. The minimum absolute atomic E-state index is 0.159. The summed E-state index contributed by atoms with van der Waals surface area (Å²) in [5.74, 6) is -1.13. The Morgan fingerprint density at radius 3 is 2.32 bits per heavy atom. The monoisotopic (exact) mass is 593 g/mol. The van der Waals surface area contributed by atoms with Gasteiger partial charge in [0.1, 0.15) is 5.82 Å². The molecule has 1 amide bonds. The van der Waals surface area contributed by atoms with Crippen LogP contribution in [0.15, 0.2) is 90.2 Å². The number of sulfonamides is 1. The predicted molar refractivity (Wildman–Crippen MR) is 152 cm³/mol. The van der Waals surface area contributed by atoms with Crippen LogP contribution in [0.1, 0.15) is 11.1 Å². The van der Waals surface area contributed by atoms with E-state index in [1.54, 1.807) is 42.9 Å². The molecule has 2 aliphatic rings. The van der Waals surface area contributed by atoms with Crippen molar-refractivity contribution < 1.29 is 22.3 Å². The van der Waals surface area contributed by atoms with Gasteiger partial charge in [-0.25, -0.2) is 22.1 Å². The molecule has 2 aliphatic heterocycles. The first-order valence-corrected chi connectivity index (χ1v) is 14.6. The Morgan fingerprint density at radius 2 is 1.63 bits per heavy atom. The number of amides is 1. The second-order valence-electron chi connectivity index (χ2n) is 9.64. The Morgan fingerprint density at radius 1 is 0.927 bits per heavy atom. The van der Waals surface area contributed by atoms with E-state index in [2.05, 4.69) is 14.9 Å². The zero-order valence-electron chi connectivity index (χ0n) is 21.9. The van der Waals surface area contributed by atoms with Gasteiger partial charge in [0.15, 0.2) is 5.54 Å². The first kappa shape index (κ1) is 27.1. The fourth-order valence-electron chi connectivity index (χ4n) is 5.72. The van der Waals surface area contributed by atoms with E-state index in [-0.39, 0.29) is 16.5 Å². The number of carbonyl (C=O) groups excluding carboxylic acids is 1. The van der Waals surface area contributed by atoms with Crippen molar-refractivity contribution >= 4 is 38.9 Å². The molecule has 1 unspecified atom stereocenters. The molecule has 4 aromatic rings. The maximum Gasteiger partial charge on any atom is 0.271 e. The molecule has 9 nitrogen and oxygen atoms in total. The highest BCUT2D eigenvalue weighted by molar-refractivity contribution is 7.93. The summed E-state index contributed by atoms with van der Waals surface area (Å²) in [5.41, 5.74) is 0.312. The summed E-state index contributed by atoms with van der Waals surface area (Å²) in [6, 6.07) is 16.3. The lowest BCUT2D eigenvalue weighted by molar-refractivity contribution is -0.127. The van der Waals surface area contributed by atoms with Crippen molar-refractivity contribution in [2.45, 2.75) is 10.4 Å². The number of methoxy groups -OCH3 is 1. The molecule has 6 rings (SSSR count).